The zero-order valence-electron chi connectivity index (χ0n) is 9.53. The van der Waals surface area contributed by atoms with Gasteiger partial charge in [0, 0.05) is 6.07 Å². The van der Waals surface area contributed by atoms with Crippen molar-refractivity contribution in [2.24, 2.45) is 0 Å². The second-order valence-electron chi connectivity index (χ2n) is 4.44. The Morgan fingerprint density at radius 2 is 1.88 bits per heavy atom. The maximum atomic E-state index is 13.4. The van der Waals surface area contributed by atoms with E-state index in [0.717, 1.165) is 31.4 Å². The van der Waals surface area contributed by atoms with Crippen LogP contribution in [0.5, 0.6) is 5.75 Å². The van der Waals surface area contributed by atoms with Crippen molar-refractivity contribution in [2.75, 3.05) is 0 Å². The Kier molecular flexibility index (Phi) is 3.94. The number of hydrogen-bond acceptors (Lipinski definition) is 2. The summed E-state index contributed by atoms with van der Waals surface area (Å²) in [5.41, 5.74) is 0. The third-order valence-electron chi connectivity index (χ3n) is 3.09. The van der Waals surface area contributed by atoms with Crippen LogP contribution in [0.2, 0.25) is 0 Å². The van der Waals surface area contributed by atoms with Gasteiger partial charge in [0.15, 0.2) is 11.6 Å². The van der Waals surface area contributed by atoms with Crippen molar-refractivity contribution >= 4 is 0 Å². The summed E-state index contributed by atoms with van der Waals surface area (Å²) in [5, 5.41) is 9.83. The number of ether oxygens (including phenoxy) is 1. The fourth-order valence-corrected chi connectivity index (χ4v) is 2.13. The van der Waals surface area contributed by atoms with E-state index in [-0.39, 0.29) is 5.75 Å². The monoisotopic (exact) mass is 242 g/mol. The first kappa shape index (κ1) is 12.3. The fourth-order valence-electron chi connectivity index (χ4n) is 2.13. The molecule has 2 rings (SSSR count). The van der Waals surface area contributed by atoms with Gasteiger partial charge in [0.05, 0.1) is 6.10 Å². The molecule has 1 aliphatic carbocycles. The molecule has 0 spiro atoms. The average molecular weight is 242 g/mol. The Morgan fingerprint density at radius 3 is 2.65 bits per heavy atom. The number of halogens is 2. The molecule has 0 saturated heterocycles. The molecule has 0 aromatic heterocycles. The molecule has 1 aromatic rings. The van der Waals surface area contributed by atoms with Gasteiger partial charge in [-0.1, -0.05) is 12.8 Å². The zero-order valence-corrected chi connectivity index (χ0v) is 9.53. The highest BCUT2D eigenvalue weighted by atomic mass is 19.1. The summed E-state index contributed by atoms with van der Waals surface area (Å²) in [6, 6.07) is 3.21. The molecule has 1 aromatic carbocycles. The molecular weight excluding hydrogens is 226 g/mol. The highest BCUT2D eigenvalue weighted by Gasteiger charge is 2.24. The molecule has 0 aliphatic heterocycles. The lowest BCUT2D eigenvalue weighted by molar-refractivity contribution is 0.0297. The van der Waals surface area contributed by atoms with Crippen molar-refractivity contribution in [3.05, 3.63) is 29.8 Å². The van der Waals surface area contributed by atoms with Crippen LogP contribution < -0.4 is 4.74 Å². The largest absolute Gasteiger partial charge is 0.485 e. The minimum absolute atomic E-state index is 0.0114. The summed E-state index contributed by atoms with van der Waals surface area (Å²) in [4.78, 5) is 0. The van der Waals surface area contributed by atoms with Gasteiger partial charge in [0.25, 0.3) is 0 Å². The first-order chi connectivity index (χ1) is 8.16. The Labute approximate surface area is 99.2 Å². The summed E-state index contributed by atoms with van der Waals surface area (Å²) >= 11 is 0. The van der Waals surface area contributed by atoms with Gasteiger partial charge < -0.3 is 9.84 Å². The maximum absolute atomic E-state index is 13.4. The van der Waals surface area contributed by atoms with E-state index in [2.05, 4.69) is 0 Å². The van der Waals surface area contributed by atoms with E-state index in [9.17, 15) is 13.9 Å². The van der Waals surface area contributed by atoms with E-state index in [4.69, 9.17) is 4.74 Å². The van der Waals surface area contributed by atoms with E-state index >= 15 is 0 Å². The number of aliphatic hydroxyl groups excluding tert-OH is 1. The Balaban J connectivity index is 2.08. The van der Waals surface area contributed by atoms with Crippen molar-refractivity contribution < 1.29 is 18.6 Å². The van der Waals surface area contributed by atoms with Gasteiger partial charge in [0.2, 0.25) is 0 Å². The number of rotatable bonds is 2. The molecule has 1 aliphatic rings. The molecule has 0 amide bonds. The van der Waals surface area contributed by atoms with Crippen LogP contribution in [0.25, 0.3) is 0 Å². The fraction of sp³-hybridized carbons (Fsp3) is 0.538. The Bertz CT molecular complexity index is 382. The lowest BCUT2D eigenvalue weighted by Crippen LogP contribution is -2.30. The molecule has 17 heavy (non-hydrogen) atoms. The van der Waals surface area contributed by atoms with E-state index in [0.29, 0.717) is 12.8 Å². The molecule has 0 bridgehead atoms. The van der Waals surface area contributed by atoms with Crippen molar-refractivity contribution in [3.63, 3.8) is 0 Å². The normalized spacial score (nSPS) is 25.4. The van der Waals surface area contributed by atoms with Crippen LogP contribution in [0.1, 0.15) is 32.1 Å². The summed E-state index contributed by atoms with van der Waals surface area (Å²) in [7, 11) is 0. The van der Waals surface area contributed by atoms with E-state index in [1.807, 2.05) is 0 Å². The van der Waals surface area contributed by atoms with Gasteiger partial charge in [-0.05, 0) is 31.4 Å². The summed E-state index contributed by atoms with van der Waals surface area (Å²) < 4.78 is 31.6. The molecule has 0 heterocycles. The van der Waals surface area contributed by atoms with Gasteiger partial charge in [-0.3, -0.25) is 0 Å². The molecule has 2 nitrogen and oxygen atoms in total. The highest BCUT2D eigenvalue weighted by Crippen LogP contribution is 2.25. The smallest absolute Gasteiger partial charge is 0.167 e. The second-order valence-corrected chi connectivity index (χ2v) is 4.44. The van der Waals surface area contributed by atoms with Crippen LogP contribution in [0.3, 0.4) is 0 Å². The molecule has 1 fully saturated rings. The molecular formula is C13H16F2O2. The minimum atomic E-state index is -0.721. The predicted molar refractivity (Wildman–Crippen MR) is 59.9 cm³/mol. The predicted octanol–water partition coefficient (Wildman–Crippen LogP) is 3.04. The number of aliphatic hydroxyl groups is 1. The third kappa shape index (κ3) is 3.16. The lowest BCUT2D eigenvalue weighted by Gasteiger charge is -2.22. The Hall–Kier alpha value is -1.16. The zero-order chi connectivity index (χ0) is 12.3. The summed E-state index contributed by atoms with van der Waals surface area (Å²) in [6.07, 6.45) is 3.41. The van der Waals surface area contributed by atoms with Crippen molar-refractivity contribution in [1.29, 1.82) is 0 Å². The quantitative estimate of drug-likeness (QED) is 0.808. The van der Waals surface area contributed by atoms with Crippen LogP contribution in [-0.2, 0) is 0 Å². The second kappa shape index (κ2) is 5.45. The van der Waals surface area contributed by atoms with Gasteiger partial charge in [-0.25, -0.2) is 8.78 Å². The van der Waals surface area contributed by atoms with Crippen LogP contribution in [0.4, 0.5) is 8.78 Å². The summed E-state index contributed by atoms with van der Waals surface area (Å²) in [6.45, 7) is 0. The van der Waals surface area contributed by atoms with Gasteiger partial charge in [-0.15, -0.1) is 0 Å². The molecule has 2 unspecified atom stereocenters. The van der Waals surface area contributed by atoms with Crippen LogP contribution in [0, 0.1) is 11.6 Å². The SMILES string of the molecule is OC1CCCCCC1Oc1ccc(F)cc1F. The average Bonchev–Trinajstić information content (AvgIpc) is 2.48. The van der Waals surface area contributed by atoms with Gasteiger partial charge in [-0.2, -0.15) is 0 Å². The van der Waals surface area contributed by atoms with E-state index in [1.54, 1.807) is 0 Å². The van der Waals surface area contributed by atoms with Crippen molar-refractivity contribution in [1.82, 2.24) is 0 Å². The van der Waals surface area contributed by atoms with Crippen LogP contribution in [-0.4, -0.2) is 17.3 Å². The van der Waals surface area contributed by atoms with E-state index < -0.39 is 23.8 Å². The van der Waals surface area contributed by atoms with E-state index in [1.165, 1.54) is 6.07 Å². The third-order valence-corrected chi connectivity index (χ3v) is 3.09. The van der Waals surface area contributed by atoms with Crippen molar-refractivity contribution in [3.8, 4) is 5.75 Å². The van der Waals surface area contributed by atoms with Crippen LogP contribution >= 0.6 is 0 Å². The molecule has 4 heteroatoms. The highest BCUT2D eigenvalue weighted by molar-refractivity contribution is 5.25. The number of benzene rings is 1. The summed E-state index contributed by atoms with van der Waals surface area (Å²) in [5.74, 6) is -1.34. The minimum Gasteiger partial charge on any atom is -0.485 e. The first-order valence-electron chi connectivity index (χ1n) is 5.96. The first-order valence-corrected chi connectivity index (χ1v) is 5.96. The molecule has 94 valence electrons. The van der Waals surface area contributed by atoms with Crippen LogP contribution in [0.15, 0.2) is 18.2 Å². The molecule has 2 atom stereocenters. The molecule has 1 N–H and O–H groups in total. The van der Waals surface area contributed by atoms with Crippen molar-refractivity contribution in [2.45, 2.75) is 44.3 Å². The Morgan fingerprint density at radius 1 is 1.12 bits per heavy atom. The van der Waals surface area contributed by atoms with Gasteiger partial charge in [0.1, 0.15) is 11.9 Å². The number of hydrogen-bond donors (Lipinski definition) is 1. The molecule has 1 saturated carbocycles. The lowest BCUT2D eigenvalue weighted by atomic mass is 10.1. The topological polar surface area (TPSA) is 29.5 Å². The maximum Gasteiger partial charge on any atom is 0.167 e. The van der Waals surface area contributed by atoms with Gasteiger partial charge >= 0.3 is 0 Å². The molecule has 0 radical (unpaired) electrons. The standard InChI is InChI=1S/C13H16F2O2/c14-9-6-7-12(10(15)8-9)17-13-5-3-1-2-4-11(13)16/h6-8,11,13,16H,1-5H2.